The van der Waals surface area contributed by atoms with Gasteiger partial charge in [0, 0.05) is 0 Å². The van der Waals surface area contributed by atoms with Crippen molar-refractivity contribution in [3.05, 3.63) is 12.2 Å². The summed E-state index contributed by atoms with van der Waals surface area (Å²) in [5, 5.41) is 0. The van der Waals surface area contributed by atoms with Crippen molar-refractivity contribution in [3.63, 3.8) is 0 Å². The third-order valence-corrected chi connectivity index (χ3v) is 1.72. The van der Waals surface area contributed by atoms with Crippen molar-refractivity contribution in [3.8, 4) is 0 Å². The fourth-order valence-corrected chi connectivity index (χ4v) is 1.05. The molecule has 1 heterocycles. The van der Waals surface area contributed by atoms with Gasteiger partial charge < -0.3 is 9.47 Å². The second kappa shape index (κ2) is 3.14. The van der Waals surface area contributed by atoms with E-state index in [0.717, 1.165) is 0 Å². The smallest absolute Gasteiger partial charge is 0.342 e. The summed E-state index contributed by atoms with van der Waals surface area (Å²) in [4.78, 5) is 11.6. The Morgan fingerprint density at radius 2 is 2.15 bits per heavy atom. The maximum atomic E-state index is 11.6. The molecule has 0 radical (unpaired) electrons. The van der Waals surface area contributed by atoms with Crippen LogP contribution in [0, 0.1) is 0 Å². The van der Waals surface area contributed by atoms with Crippen LogP contribution in [0.1, 0.15) is 27.7 Å². The molecule has 13 heavy (non-hydrogen) atoms. The van der Waals surface area contributed by atoms with Gasteiger partial charge in [0.15, 0.2) is 5.60 Å². The van der Waals surface area contributed by atoms with E-state index in [4.69, 9.17) is 9.47 Å². The quantitative estimate of drug-likeness (QED) is 0.459. The summed E-state index contributed by atoms with van der Waals surface area (Å²) >= 11 is 0. The first-order chi connectivity index (χ1) is 5.83. The molecule has 1 rings (SSSR count). The number of hydrogen-bond acceptors (Lipinski definition) is 3. The molecule has 1 aliphatic rings. The first-order valence-electron chi connectivity index (χ1n) is 4.39. The van der Waals surface area contributed by atoms with Gasteiger partial charge in [0.25, 0.3) is 0 Å². The van der Waals surface area contributed by atoms with E-state index < -0.39 is 11.2 Å². The topological polar surface area (TPSA) is 35.5 Å². The summed E-state index contributed by atoms with van der Waals surface area (Å²) in [5.41, 5.74) is -1.34. The fraction of sp³-hybridized carbons (Fsp3) is 0.700. The maximum Gasteiger partial charge on any atom is 0.342 e. The lowest BCUT2D eigenvalue weighted by atomic mass is 10.1. The fourth-order valence-electron chi connectivity index (χ4n) is 1.05. The van der Waals surface area contributed by atoms with Crippen molar-refractivity contribution in [2.24, 2.45) is 0 Å². The van der Waals surface area contributed by atoms with Gasteiger partial charge in [0.1, 0.15) is 5.60 Å². The zero-order chi connectivity index (χ0) is 10.1. The van der Waals surface area contributed by atoms with Crippen LogP contribution in [0.2, 0.25) is 0 Å². The van der Waals surface area contributed by atoms with Crippen LogP contribution in [-0.2, 0) is 14.3 Å². The lowest BCUT2D eigenvalue weighted by Gasteiger charge is -2.26. The highest BCUT2D eigenvalue weighted by Crippen LogP contribution is 2.22. The maximum absolute atomic E-state index is 11.6. The minimum atomic E-state index is -0.882. The molecule has 0 aromatic heterocycles. The predicted molar refractivity (Wildman–Crippen MR) is 49.3 cm³/mol. The third-order valence-electron chi connectivity index (χ3n) is 1.72. The molecule has 3 heteroatoms. The molecule has 74 valence electrons. The molecule has 3 nitrogen and oxygen atoms in total. The average Bonchev–Trinajstić information content (AvgIpc) is 2.33. The van der Waals surface area contributed by atoms with Crippen LogP contribution < -0.4 is 0 Å². The predicted octanol–water partition coefficient (Wildman–Crippen LogP) is 1.67. The van der Waals surface area contributed by atoms with Gasteiger partial charge in [-0.25, -0.2) is 4.79 Å². The highest BCUT2D eigenvalue weighted by molar-refractivity contribution is 5.82. The molecule has 0 N–H and O–H groups in total. The largest absolute Gasteiger partial charge is 0.458 e. The van der Waals surface area contributed by atoms with Crippen molar-refractivity contribution in [1.29, 1.82) is 0 Å². The van der Waals surface area contributed by atoms with Crippen LogP contribution in [0.5, 0.6) is 0 Å². The van der Waals surface area contributed by atoms with Crippen LogP contribution >= 0.6 is 0 Å². The monoisotopic (exact) mass is 184 g/mol. The number of carbonyl (C=O) groups excluding carboxylic acids is 1. The molecule has 1 unspecified atom stereocenters. The lowest BCUT2D eigenvalue weighted by Crippen LogP contribution is -2.40. The zero-order valence-electron chi connectivity index (χ0n) is 8.59. The van der Waals surface area contributed by atoms with Crippen molar-refractivity contribution < 1.29 is 14.3 Å². The standard InChI is InChI=1S/C10H16O3/c1-9(2,3)13-8(11)10(4)6-5-7-12-10/h5-6H,7H2,1-4H3. The van der Waals surface area contributed by atoms with Gasteiger partial charge in [-0.05, 0) is 33.8 Å². The number of carbonyl (C=O) groups is 1. The number of hydrogen-bond donors (Lipinski definition) is 0. The number of ether oxygens (including phenoxy) is 2. The van der Waals surface area contributed by atoms with E-state index in [-0.39, 0.29) is 5.97 Å². The Kier molecular flexibility index (Phi) is 2.48. The molecule has 1 atom stereocenters. The number of esters is 1. The summed E-state index contributed by atoms with van der Waals surface area (Å²) in [7, 11) is 0. The van der Waals surface area contributed by atoms with Gasteiger partial charge in [-0.3, -0.25) is 0 Å². The Labute approximate surface area is 78.7 Å². The van der Waals surface area contributed by atoms with E-state index in [1.54, 1.807) is 13.0 Å². The summed E-state index contributed by atoms with van der Waals surface area (Å²) in [6, 6.07) is 0. The molecule has 0 saturated heterocycles. The van der Waals surface area contributed by atoms with E-state index in [0.29, 0.717) is 6.61 Å². The zero-order valence-corrected chi connectivity index (χ0v) is 8.59. The molecule has 0 bridgehead atoms. The third kappa shape index (κ3) is 2.56. The van der Waals surface area contributed by atoms with Crippen molar-refractivity contribution in [2.45, 2.75) is 38.9 Å². The summed E-state index contributed by atoms with van der Waals surface area (Å²) < 4.78 is 10.5. The van der Waals surface area contributed by atoms with E-state index >= 15 is 0 Å². The molecule has 0 aromatic rings. The van der Waals surface area contributed by atoms with Gasteiger partial charge >= 0.3 is 5.97 Å². The van der Waals surface area contributed by atoms with Crippen molar-refractivity contribution >= 4 is 5.97 Å². The van der Waals surface area contributed by atoms with Crippen LogP contribution in [0.3, 0.4) is 0 Å². The Bertz CT molecular complexity index is 237. The van der Waals surface area contributed by atoms with Crippen molar-refractivity contribution in [1.82, 2.24) is 0 Å². The Balaban J connectivity index is 2.63. The van der Waals surface area contributed by atoms with E-state index in [1.807, 2.05) is 26.8 Å². The van der Waals surface area contributed by atoms with Crippen LogP contribution in [0.25, 0.3) is 0 Å². The normalized spacial score (nSPS) is 27.7. The summed E-state index contributed by atoms with van der Waals surface area (Å²) in [6.07, 6.45) is 3.56. The van der Waals surface area contributed by atoms with Gasteiger partial charge in [-0.1, -0.05) is 6.08 Å². The van der Waals surface area contributed by atoms with E-state index in [1.165, 1.54) is 0 Å². The molecular formula is C10H16O3. The highest BCUT2D eigenvalue weighted by atomic mass is 16.6. The Morgan fingerprint density at radius 3 is 2.54 bits per heavy atom. The second-order valence-electron chi connectivity index (χ2n) is 4.32. The molecule has 0 amide bonds. The summed E-state index contributed by atoms with van der Waals surface area (Å²) in [6.45, 7) is 7.72. The highest BCUT2D eigenvalue weighted by Gasteiger charge is 2.37. The SMILES string of the molecule is CC(C)(C)OC(=O)C1(C)C=CCO1. The second-order valence-corrected chi connectivity index (χ2v) is 4.32. The molecule has 0 aliphatic carbocycles. The first-order valence-corrected chi connectivity index (χ1v) is 4.39. The van der Waals surface area contributed by atoms with Crippen LogP contribution in [-0.4, -0.2) is 23.8 Å². The molecule has 1 aliphatic heterocycles. The molecule has 0 aromatic carbocycles. The van der Waals surface area contributed by atoms with E-state index in [2.05, 4.69) is 0 Å². The minimum absolute atomic E-state index is 0.325. The molecular weight excluding hydrogens is 168 g/mol. The lowest BCUT2D eigenvalue weighted by molar-refractivity contribution is -0.173. The Hall–Kier alpha value is -0.830. The van der Waals surface area contributed by atoms with E-state index in [9.17, 15) is 4.79 Å². The van der Waals surface area contributed by atoms with Crippen molar-refractivity contribution in [2.75, 3.05) is 6.61 Å². The minimum Gasteiger partial charge on any atom is -0.458 e. The van der Waals surface area contributed by atoms with Gasteiger partial charge in [-0.15, -0.1) is 0 Å². The van der Waals surface area contributed by atoms with Gasteiger partial charge in [-0.2, -0.15) is 0 Å². The molecule has 0 spiro atoms. The van der Waals surface area contributed by atoms with Crippen LogP contribution in [0.4, 0.5) is 0 Å². The molecule has 0 fully saturated rings. The number of rotatable bonds is 1. The van der Waals surface area contributed by atoms with Gasteiger partial charge in [0.2, 0.25) is 0 Å². The Morgan fingerprint density at radius 1 is 1.54 bits per heavy atom. The molecule has 0 saturated carbocycles. The summed E-state index contributed by atoms with van der Waals surface area (Å²) in [5.74, 6) is -0.325. The van der Waals surface area contributed by atoms with Gasteiger partial charge in [0.05, 0.1) is 6.61 Å². The average molecular weight is 184 g/mol. The van der Waals surface area contributed by atoms with Crippen LogP contribution in [0.15, 0.2) is 12.2 Å². The first kappa shape index (κ1) is 10.3.